The number of carbonyl (C=O) groups excluding carboxylic acids is 1. The van der Waals surface area contributed by atoms with Crippen molar-refractivity contribution in [2.45, 2.75) is 27.3 Å². The van der Waals surface area contributed by atoms with Crippen molar-refractivity contribution in [2.24, 2.45) is 0 Å². The highest BCUT2D eigenvalue weighted by Gasteiger charge is 2.15. The average Bonchev–Trinajstić information content (AvgIpc) is 2.77. The predicted molar refractivity (Wildman–Crippen MR) is 75.5 cm³/mol. The Labute approximate surface area is 121 Å². The number of amides is 1. The lowest BCUT2D eigenvalue weighted by molar-refractivity contribution is 0.0947. The van der Waals surface area contributed by atoms with E-state index in [0.29, 0.717) is 24.0 Å². The zero-order valence-corrected chi connectivity index (χ0v) is 12.2. The first-order chi connectivity index (χ1) is 10.0. The Bertz CT molecular complexity index is 635. The van der Waals surface area contributed by atoms with Crippen LogP contribution in [0, 0.1) is 19.7 Å². The molecule has 2 rings (SSSR count). The summed E-state index contributed by atoms with van der Waals surface area (Å²) in [4.78, 5) is 20.2. The van der Waals surface area contributed by atoms with Crippen molar-refractivity contribution in [3.63, 3.8) is 0 Å². The highest BCUT2D eigenvalue weighted by Crippen LogP contribution is 2.14. The molecular formula is C14H17FN4O2. The fraction of sp³-hybridized carbons (Fsp3) is 0.357. The van der Waals surface area contributed by atoms with E-state index in [9.17, 15) is 9.18 Å². The molecule has 0 aliphatic heterocycles. The molecule has 6 nitrogen and oxygen atoms in total. The van der Waals surface area contributed by atoms with E-state index in [0.717, 1.165) is 18.0 Å². The molecule has 0 bridgehead atoms. The number of anilines is 1. The molecule has 21 heavy (non-hydrogen) atoms. The molecule has 0 atom stereocenters. The van der Waals surface area contributed by atoms with Crippen LogP contribution in [-0.4, -0.2) is 22.4 Å². The number of hydrogen-bond donors (Lipinski definition) is 2. The number of pyridine rings is 1. The number of nitrogens with one attached hydrogen (secondary N) is 2. The molecule has 2 heterocycles. The fourth-order valence-corrected chi connectivity index (χ4v) is 1.79. The van der Waals surface area contributed by atoms with E-state index >= 15 is 0 Å². The van der Waals surface area contributed by atoms with Gasteiger partial charge in [-0.1, -0.05) is 0 Å². The first-order valence-electron chi connectivity index (χ1n) is 6.61. The maximum atomic E-state index is 13.3. The first kappa shape index (κ1) is 15.0. The van der Waals surface area contributed by atoms with Gasteiger partial charge in [0, 0.05) is 6.54 Å². The predicted octanol–water partition coefficient (Wildman–Crippen LogP) is 2.19. The molecule has 1 amide bonds. The normalized spacial score (nSPS) is 10.5. The summed E-state index contributed by atoms with van der Waals surface area (Å²) in [5.74, 6) is 0.458. The van der Waals surface area contributed by atoms with Crippen molar-refractivity contribution in [3.05, 3.63) is 41.0 Å². The van der Waals surface area contributed by atoms with Crippen LogP contribution >= 0.6 is 0 Å². The minimum atomic E-state index is -0.565. The lowest BCUT2D eigenvalue weighted by atomic mass is 10.2. The molecule has 0 spiro atoms. The number of aryl methyl sites for hydroxylation is 2. The summed E-state index contributed by atoms with van der Waals surface area (Å²) < 4.78 is 18.6. The molecule has 7 heteroatoms. The summed E-state index contributed by atoms with van der Waals surface area (Å²) >= 11 is 0. The quantitative estimate of drug-likeness (QED) is 0.883. The Kier molecular flexibility index (Phi) is 4.52. The number of halogens is 1. The summed E-state index contributed by atoms with van der Waals surface area (Å²) in [5, 5.41) is 5.56. The van der Waals surface area contributed by atoms with Crippen molar-refractivity contribution < 1.29 is 13.6 Å². The van der Waals surface area contributed by atoms with Gasteiger partial charge in [-0.3, -0.25) is 4.79 Å². The molecule has 2 aromatic rings. The van der Waals surface area contributed by atoms with Crippen LogP contribution in [0.3, 0.4) is 0 Å². The van der Waals surface area contributed by atoms with Crippen molar-refractivity contribution in [1.29, 1.82) is 0 Å². The van der Waals surface area contributed by atoms with E-state index in [-0.39, 0.29) is 12.1 Å². The summed E-state index contributed by atoms with van der Waals surface area (Å²) in [5.41, 5.74) is 0.928. The number of oxazole rings is 1. The van der Waals surface area contributed by atoms with Gasteiger partial charge in [-0.15, -0.1) is 0 Å². The number of rotatable bonds is 5. The number of nitrogens with zero attached hydrogens (tertiary/aromatic N) is 2. The zero-order chi connectivity index (χ0) is 15.4. The second-order valence-electron chi connectivity index (χ2n) is 4.51. The van der Waals surface area contributed by atoms with Gasteiger partial charge in [-0.25, -0.2) is 14.4 Å². The van der Waals surface area contributed by atoms with Crippen molar-refractivity contribution in [2.75, 3.05) is 11.9 Å². The molecule has 112 valence electrons. The summed E-state index contributed by atoms with van der Waals surface area (Å²) in [6.07, 6.45) is 1.07. The van der Waals surface area contributed by atoms with Crippen LogP contribution in [0.4, 0.5) is 10.2 Å². The third kappa shape index (κ3) is 3.56. The number of aromatic nitrogens is 2. The van der Waals surface area contributed by atoms with Gasteiger partial charge in [-0.2, -0.15) is 0 Å². The van der Waals surface area contributed by atoms with Gasteiger partial charge in [0.25, 0.3) is 5.91 Å². The topological polar surface area (TPSA) is 80.0 Å². The molecule has 2 N–H and O–H groups in total. The van der Waals surface area contributed by atoms with Gasteiger partial charge in [0.05, 0.1) is 24.0 Å². The fourth-order valence-electron chi connectivity index (χ4n) is 1.79. The van der Waals surface area contributed by atoms with Crippen molar-refractivity contribution in [1.82, 2.24) is 15.3 Å². The third-order valence-electron chi connectivity index (χ3n) is 2.92. The minimum absolute atomic E-state index is 0.135. The van der Waals surface area contributed by atoms with Crippen LogP contribution in [0.1, 0.15) is 34.6 Å². The van der Waals surface area contributed by atoms with E-state index < -0.39 is 11.7 Å². The summed E-state index contributed by atoms with van der Waals surface area (Å²) in [7, 11) is 0. The van der Waals surface area contributed by atoms with E-state index in [1.54, 1.807) is 6.92 Å². The van der Waals surface area contributed by atoms with Crippen molar-refractivity contribution in [3.8, 4) is 0 Å². The Morgan fingerprint density at radius 2 is 2.19 bits per heavy atom. The van der Waals surface area contributed by atoms with Gasteiger partial charge < -0.3 is 15.1 Å². The third-order valence-corrected chi connectivity index (χ3v) is 2.92. The largest absolute Gasteiger partial charge is 0.444 e. The Morgan fingerprint density at radius 1 is 1.43 bits per heavy atom. The van der Waals surface area contributed by atoms with E-state index in [1.807, 2.05) is 13.8 Å². The molecule has 0 aliphatic carbocycles. The molecule has 0 aromatic carbocycles. The molecule has 0 saturated heterocycles. The lowest BCUT2D eigenvalue weighted by Crippen LogP contribution is -2.24. The van der Waals surface area contributed by atoms with Crippen LogP contribution < -0.4 is 10.6 Å². The lowest BCUT2D eigenvalue weighted by Gasteiger charge is -2.09. The van der Waals surface area contributed by atoms with E-state index in [1.165, 1.54) is 0 Å². The second-order valence-corrected chi connectivity index (χ2v) is 4.51. The van der Waals surface area contributed by atoms with E-state index in [2.05, 4.69) is 20.6 Å². The highest BCUT2D eigenvalue weighted by molar-refractivity contribution is 5.98. The minimum Gasteiger partial charge on any atom is -0.444 e. The molecule has 0 radical (unpaired) electrons. The zero-order valence-electron chi connectivity index (χ0n) is 12.2. The smallest absolute Gasteiger partial charge is 0.255 e. The van der Waals surface area contributed by atoms with Crippen LogP contribution in [-0.2, 0) is 6.54 Å². The van der Waals surface area contributed by atoms with Gasteiger partial charge in [0.1, 0.15) is 17.4 Å². The van der Waals surface area contributed by atoms with Gasteiger partial charge >= 0.3 is 0 Å². The second kappa shape index (κ2) is 6.34. The van der Waals surface area contributed by atoms with Gasteiger partial charge in [-0.05, 0) is 26.8 Å². The standard InChI is InChI=1S/C14H17FN4O2/c1-4-16-13-11(5-10(15)6-17-13)14(20)18-7-12-19-8(2)9(3)21-12/h5-6H,4,7H2,1-3H3,(H,16,17)(H,18,20). The molecule has 0 saturated carbocycles. The first-order valence-corrected chi connectivity index (χ1v) is 6.61. The van der Waals surface area contributed by atoms with Crippen LogP contribution in [0.5, 0.6) is 0 Å². The molecule has 0 unspecified atom stereocenters. The summed E-state index contributed by atoms with van der Waals surface area (Å²) in [6, 6.07) is 1.15. The SMILES string of the molecule is CCNc1ncc(F)cc1C(=O)NCc1nc(C)c(C)o1. The van der Waals surface area contributed by atoms with E-state index in [4.69, 9.17) is 4.42 Å². The molecule has 0 aliphatic rings. The van der Waals surface area contributed by atoms with Crippen LogP contribution in [0.25, 0.3) is 0 Å². The maximum Gasteiger partial charge on any atom is 0.255 e. The van der Waals surface area contributed by atoms with Crippen LogP contribution in [0.15, 0.2) is 16.7 Å². The van der Waals surface area contributed by atoms with Crippen LogP contribution in [0.2, 0.25) is 0 Å². The Balaban J connectivity index is 2.10. The van der Waals surface area contributed by atoms with Gasteiger partial charge in [0.2, 0.25) is 5.89 Å². The highest BCUT2D eigenvalue weighted by atomic mass is 19.1. The monoisotopic (exact) mass is 292 g/mol. The molecule has 2 aromatic heterocycles. The van der Waals surface area contributed by atoms with Crippen molar-refractivity contribution >= 4 is 11.7 Å². The maximum absolute atomic E-state index is 13.3. The summed E-state index contributed by atoms with van der Waals surface area (Å²) in [6.45, 7) is 6.20. The number of carbonyl (C=O) groups is 1. The Hall–Kier alpha value is -2.44. The van der Waals surface area contributed by atoms with Gasteiger partial charge in [0.15, 0.2) is 0 Å². The molecule has 0 fully saturated rings. The Morgan fingerprint density at radius 3 is 2.81 bits per heavy atom. The average molecular weight is 292 g/mol. The molecular weight excluding hydrogens is 275 g/mol. The number of hydrogen-bond acceptors (Lipinski definition) is 5.